The first kappa shape index (κ1) is 11.1. The maximum Gasteiger partial charge on any atom is 0.237 e. The second kappa shape index (κ2) is 3.62. The topological polar surface area (TPSA) is 65.2 Å². The van der Waals surface area contributed by atoms with Gasteiger partial charge in [0.25, 0.3) is 0 Å². The quantitative estimate of drug-likeness (QED) is 0.752. The second-order valence-corrected chi connectivity index (χ2v) is 6.73. The summed E-state index contributed by atoms with van der Waals surface area (Å²) in [5, 5.41) is 0. The van der Waals surface area contributed by atoms with Gasteiger partial charge in [-0.25, -0.2) is 4.98 Å². The Morgan fingerprint density at radius 1 is 1.50 bits per heavy atom. The highest BCUT2D eigenvalue weighted by molar-refractivity contribution is 7.69. The summed E-state index contributed by atoms with van der Waals surface area (Å²) in [5.74, 6) is 0.351. The zero-order chi connectivity index (χ0) is 10.9. The van der Waals surface area contributed by atoms with Crippen molar-refractivity contribution in [2.45, 2.75) is 6.92 Å². The van der Waals surface area contributed by atoms with E-state index in [1.54, 1.807) is 19.4 Å². The summed E-state index contributed by atoms with van der Waals surface area (Å²) in [7, 11) is -0.853. The van der Waals surface area contributed by atoms with E-state index in [0.717, 1.165) is 5.56 Å². The number of ether oxygens (including phenoxy) is 1. The van der Waals surface area contributed by atoms with Crippen LogP contribution in [0.3, 0.4) is 0 Å². The third-order valence-electron chi connectivity index (χ3n) is 1.96. The van der Waals surface area contributed by atoms with Gasteiger partial charge in [-0.15, -0.1) is 0 Å². The molecule has 14 heavy (non-hydrogen) atoms. The molecular formula is C9H15N2O2P. The smallest absolute Gasteiger partial charge is 0.237 e. The van der Waals surface area contributed by atoms with Crippen LogP contribution in [0.4, 0.5) is 5.69 Å². The van der Waals surface area contributed by atoms with Crippen molar-refractivity contribution in [2.24, 2.45) is 0 Å². The molecular weight excluding hydrogens is 199 g/mol. The van der Waals surface area contributed by atoms with Crippen LogP contribution >= 0.6 is 7.14 Å². The van der Waals surface area contributed by atoms with Crippen molar-refractivity contribution in [2.75, 3.05) is 26.2 Å². The van der Waals surface area contributed by atoms with Crippen LogP contribution < -0.4 is 15.9 Å². The van der Waals surface area contributed by atoms with Gasteiger partial charge in [-0.05, 0) is 31.9 Å². The minimum Gasteiger partial charge on any atom is -0.480 e. The zero-order valence-electron chi connectivity index (χ0n) is 8.87. The standard InChI is InChI=1S/C9H15N2O2P/c1-6-5-7(14(3,4)12)11-9(13-2)8(6)10/h5H,10H2,1-4H3. The number of rotatable bonds is 2. The Hall–Kier alpha value is -1.02. The van der Waals surface area contributed by atoms with Crippen LogP contribution in [0, 0.1) is 6.92 Å². The molecule has 1 aromatic rings. The van der Waals surface area contributed by atoms with Crippen molar-refractivity contribution < 1.29 is 9.30 Å². The third-order valence-corrected chi connectivity index (χ3v) is 3.29. The average Bonchev–Trinajstić information content (AvgIpc) is 2.07. The molecule has 0 saturated carbocycles. The highest BCUT2D eigenvalue weighted by Crippen LogP contribution is 2.35. The minimum atomic E-state index is -2.35. The Bertz CT molecular complexity index is 398. The number of hydrogen-bond donors (Lipinski definition) is 1. The van der Waals surface area contributed by atoms with Crippen molar-refractivity contribution in [1.29, 1.82) is 0 Å². The fraction of sp³-hybridized carbons (Fsp3) is 0.444. The van der Waals surface area contributed by atoms with Crippen molar-refractivity contribution in [3.05, 3.63) is 11.6 Å². The lowest BCUT2D eigenvalue weighted by Gasteiger charge is -2.11. The summed E-state index contributed by atoms with van der Waals surface area (Å²) >= 11 is 0. The summed E-state index contributed by atoms with van der Waals surface area (Å²) < 4.78 is 16.8. The molecule has 0 unspecified atom stereocenters. The van der Waals surface area contributed by atoms with Gasteiger partial charge in [0.2, 0.25) is 5.88 Å². The summed E-state index contributed by atoms with van der Waals surface area (Å²) in [5.41, 5.74) is 7.63. The van der Waals surface area contributed by atoms with Crippen LogP contribution in [-0.2, 0) is 4.57 Å². The molecule has 0 aliphatic rings. The first-order valence-electron chi connectivity index (χ1n) is 4.23. The van der Waals surface area contributed by atoms with E-state index in [0.29, 0.717) is 17.0 Å². The molecule has 0 saturated heterocycles. The summed E-state index contributed by atoms with van der Waals surface area (Å²) in [4.78, 5) is 4.11. The predicted molar refractivity (Wildman–Crippen MR) is 59.0 cm³/mol. The van der Waals surface area contributed by atoms with E-state index in [4.69, 9.17) is 10.5 Å². The molecule has 4 nitrogen and oxygen atoms in total. The molecule has 0 amide bonds. The Morgan fingerprint density at radius 3 is 2.50 bits per heavy atom. The molecule has 0 fully saturated rings. The maximum atomic E-state index is 11.8. The monoisotopic (exact) mass is 214 g/mol. The van der Waals surface area contributed by atoms with Gasteiger partial charge in [0.1, 0.15) is 12.6 Å². The fourth-order valence-electron chi connectivity index (χ4n) is 1.07. The zero-order valence-corrected chi connectivity index (χ0v) is 9.76. The van der Waals surface area contributed by atoms with Crippen molar-refractivity contribution >= 4 is 18.3 Å². The van der Waals surface area contributed by atoms with Gasteiger partial charge in [-0.2, -0.15) is 0 Å². The van der Waals surface area contributed by atoms with E-state index in [1.165, 1.54) is 7.11 Å². The Labute approximate surface area is 83.9 Å². The van der Waals surface area contributed by atoms with Crippen molar-refractivity contribution in [3.8, 4) is 5.88 Å². The van der Waals surface area contributed by atoms with E-state index in [2.05, 4.69) is 4.98 Å². The SMILES string of the molecule is COc1nc(P(C)(C)=O)cc(C)c1N. The molecule has 1 rings (SSSR count). The van der Waals surface area contributed by atoms with Crippen LogP contribution in [-0.4, -0.2) is 25.4 Å². The number of methoxy groups -OCH3 is 1. The summed E-state index contributed by atoms with van der Waals surface area (Å²) in [6.45, 7) is 5.19. The molecule has 0 bridgehead atoms. The molecule has 0 atom stereocenters. The predicted octanol–water partition coefficient (Wildman–Crippen LogP) is 1.23. The first-order chi connectivity index (χ1) is 6.36. The minimum absolute atomic E-state index is 0.351. The van der Waals surface area contributed by atoms with Crippen LogP contribution in [0.5, 0.6) is 5.88 Å². The molecule has 0 radical (unpaired) electrons. The molecule has 0 aromatic carbocycles. The van der Waals surface area contributed by atoms with Gasteiger partial charge < -0.3 is 15.0 Å². The van der Waals surface area contributed by atoms with Gasteiger partial charge in [0, 0.05) is 0 Å². The van der Waals surface area contributed by atoms with Gasteiger partial charge >= 0.3 is 0 Å². The largest absolute Gasteiger partial charge is 0.480 e. The van der Waals surface area contributed by atoms with Crippen LogP contribution in [0.25, 0.3) is 0 Å². The number of nitrogens with zero attached hydrogens (tertiary/aromatic N) is 1. The number of aryl methyl sites for hydroxylation is 1. The maximum absolute atomic E-state index is 11.8. The van der Waals surface area contributed by atoms with Gasteiger partial charge in [-0.1, -0.05) is 0 Å². The van der Waals surface area contributed by atoms with E-state index < -0.39 is 7.14 Å². The summed E-state index contributed by atoms with van der Waals surface area (Å²) in [6.07, 6.45) is 0. The number of nitrogens with two attached hydrogens (primary N) is 1. The van der Waals surface area contributed by atoms with Gasteiger partial charge in [0.05, 0.1) is 12.8 Å². The van der Waals surface area contributed by atoms with E-state index in [9.17, 15) is 4.57 Å². The lowest BCUT2D eigenvalue weighted by atomic mass is 10.2. The number of aromatic nitrogens is 1. The Kier molecular flexibility index (Phi) is 2.86. The number of anilines is 1. The fourth-order valence-corrected chi connectivity index (χ4v) is 1.90. The number of pyridine rings is 1. The Morgan fingerprint density at radius 2 is 2.07 bits per heavy atom. The van der Waals surface area contributed by atoms with Gasteiger partial charge in [-0.3, -0.25) is 0 Å². The highest BCUT2D eigenvalue weighted by Gasteiger charge is 2.16. The molecule has 1 heterocycles. The number of hydrogen-bond acceptors (Lipinski definition) is 4. The second-order valence-electron chi connectivity index (χ2n) is 3.57. The van der Waals surface area contributed by atoms with E-state index in [1.807, 2.05) is 6.92 Å². The molecule has 2 N–H and O–H groups in total. The highest BCUT2D eigenvalue weighted by atomic mass is 31.2. The average molecular weight is 214 g/mol. The molecule has 5 heteroatoms. The normalized spacial score (nSPS) is 11.4. The van der Waals surface area contributed by atoms with Crippen molar-refractivity contribution in [1.82, 2.24) is 4.98 Å². The molecule has 0 aliphatic carbocycles. The Balaban J connectivity index is 3.38. The molecule has 0 aliphatic heterocycles. The van der Waals surface area contributed by atoms with Crippen LogP contribution in [0.15, 0.2) is 6.07 Å². The third kappa shape index (κ3) is 2.07. The van der Waals surface area contributed by atoms with Gasteiger partial charge in [0.15, 0.2) is 0 Å². The molecule has 1 aromatic heterocycles. The molecule has 78 valence electrons. The number of nitrogen functional groups attached to an aromatic ring is 1. The van der Waals surface area contributed by atoms with E-state index >= 15 is 0 Å². The summed E-state index contributed by atoms with van der Waals surface area (Å²) in [6, 6.07) is 1.75. The van der Waals surface area contributed by atoms with Crippen LogP contribution in [0.1, 0.15) is 5.56 Å². The van der Waals surface area contributed by atoms with Crippen molar-refractivity contribution in [3.63, 3.8) is 0 Å². The lowest BCUT2D eigenvalue weighted by molar-refractivity contribution is 0.401. The molecule has 0 spiro atoms. The van der Waals surface area contributed by atoms with E-state index in [-0.39, 0.29) is 0 Å². The lowest BCUT2D eigenvalue weighted by Crippen LogP contribution is -2.12. The first-order valence-corrected chi connectivity index (χ1v) is 6.83. The van der Waals surface area contributed by atoms with Crippen LogP contribution in [0.2, 0.25) is 0 Å².